The Kier molecular flexibility index (Phi) is 8.52. The van der Waals surface area contributed by atoms with E-state index in [1.165, 1.54) is 5.56 Å². The number of carbonyl (C=O) groups excluding carboxylic acids is 1. The summed E-state index contributed by atoms with van der Waals surface area (Å²) in [7, 11) is 0. The largest absolute Gasteiger partial charge is 0.294 e. The van der Waals surface area contributed by atoms with E-state index in [4.69, 9.17) is 0 Å². The van der Waals surface area contributed by atoms with E-state index in [9.17, 15) is 4.79 Å². The minimum absolute atomic E-state index is 0.127. The van der Waals surface area contributed by atoms with Gasteiger partial charge in [-0.1, -0.05) is 110 Å². The maximum Gasteiger partial charge on any atom is 0.166 e. The Morgan fingerprint density at radius 3 is 2.37 bits per heavy atom. The molecule has 0 heterocycles. The number of carbonyl (C=O) groups is 1. The van der Waals surface area contributed by atoms with E-state index < -0.39 is 0 Å². The maximum absolute atomic E-state index is 12.3. The third-order valence-electron chi connectivity index (χ3n) is 4.12. The first-order valence-corrected chi connectivity index (χ1v) is 9.18. The molecule has 136 valence electrons. The molecule has 0 N–H and O–H groups in total. The minimum atomic E-state index is 0.127. The van der Waals surface area contributed by atoms with Crippen LogP contribution in [-0.2, 0) is 6.42 Å². The lowest BCUT2D eigenvalue weighted by Gasteiger charge is -2.01. The lowest BCUT2D eigenvalue weighted by molar-refractivity contribution is 0.0996. The normalized spacial score (nSPS) is 12.3. The number of hydrogen-bond acceptors (Lipinski definition) is 1. The summed E-state index contributed by atoms with van der Waals surface area (Å²) in [6.45, 7) is 5.65. The topological polar surface area (TPSA) is 17.1 Å². The molecule has 2 rings (SSSR count). The Bertz CT molecular complexity index is 847. The van der Waals surface area contributed by atoms with Gasteiger partial charge in [-0.05, 0) is 30.0 Å². The summed E-state index contributed by atoms with van der Waals surface area (Å²) in [4.78, 5) is 12.3. The quantitative estimate of drug-likeness (QED) is 0.359. The highest BCUT2D eigenvalue weighted by Crippen LogP contribution is 2.10. The Hall–Kier alpha value is -3.19. The van der Waals surface area contributed by atoms with Crippen LogP contribution in [0.25, 0.3) is 6.08 Å². The standard InChI is InChI=1S/C26H26O/c1-3-5-7-11-24-18-20-25(21-19-24)26(27)15-10-14-22(4-2)16-17-23-12-8-6-9-13-23/h3-10,12-14,16-21H,1,11,15H2,2H3/b7-5-,14-10-,17-16+,22-4+. The van der Waals surface area contributed by atoms with Crippen molar-refractivity contribution >= 4 is 11.9 Å². The van der Waals surface area contributed by atoms with Crippen LogP contribution in [0, 0.1) is 0 Å². The number of hydrogen-bond donors (Lipinski definition) is 0. The molecule has 0 saturated carbocycles. The smallest absolute Gasteiger partial charge is 0.166 e. The van der Waals surface area contributed by atoms with Crippen LogP contribution in [-0.4, -0.2) is 5.78 Å². The maximum atomic E-state index is 12.3. The van der Waals surface area contributed by atoms with Gasteiger partial charge in [-0.15, -0.1) is 0 Å². The summed E-state index contributed by atoms with van der Waals surface area (Å²) < 4.78 is 0. The van der Waals surface area contributed by atoms with E-state index >= 15 is 0 Å². The molecular weight excluding hydrogens is 328 g/mol. The van der Waals surface area contributed by atoms with Crippen molar-refractivity contribution < 1.29 is 4.79 Å². The molecule has 0 fully saturated rings. The van der Waals surface area contributed by atoms with Gasteiger partial charge in [0.15, 0.2) is 5.78 Å². The molecule has 2 aromatic rings. The van der Waals surface area contributed by atoms with E-state index in [1.54, 1.807) is 6.08 Å². The molecule has 0 unspecified atom stereocenters. The van der Waals surface area contributed by atoms with E-state index in [1.807, 2.05) is 79.8 Å². The van der Waals surface area contributed by atoms with Crippen molar-refractivity contribution in [1.82, 2.24) is 0 Å². The van der Waals surface area contributed by atoms with Crippen molar-refractivity contribution in [2.45, 2.75) is 19.8 Å². The minimum Gasteiger partial charge on any atom is -0.294 e. The van der Waals surface area contributed by atoms with Crippen LogP contribution in [0.1, 0.15) is 34.8 Å². The first kappa shape index (κ1) is 20.1. The summed E-state index contributed by atoms with van der Waals surface area (Å²) in [6, 6.07) is 18.0. The van der Waals surface area contributed by atoms with Crippen molar-refractivity contribution in [2.24, 2.45) is 0 Å². The van der Waals surface area contributed by atoms with Crippen LogP contribution in [0.2, 0.25) is 0 Å². The van der Waals surface area contributed by atoms with Gasteiger partial charge >= 0.3 is 0 Å². The van der Waals surface area contributed by atoms with Gasteiger partial charge in [-0.25, -0.2) is 0 Å². The first-order valence-electron chi connectivity index (χ1n) is 9.18. The molecule has 27 heavy (non-hydrogen) atoms. The van der Waals surface area contributed by atoms with Crippen LogP contribution in [0.4, 0.5) is 0 Å². The lowest BCUT2D eigenvalue weighted by Crippen LogP contribution is -1.97. The molecule has 0 aliphatic carbocycles. The van der Waals surface area contributed by atoms with E-state index in [0.29, 0.717) is 6.42 Å². The number of allylic oxidation sites excluding steroid dienone is 8. The summed E-state index contributed by atoms with van der Waals surface area (Å²) in [6.07, 6.45) is 17.1. The zero-order valence-electron chi connectivity index (χ0n) is 15.8. The molecule has 0 saturated heterocycles. The fourth-order valence-electron chi connectivity index (χ4n) is 2.55. The molecule has 0 aromatic heterocycles. The van der Waals surface area contributed by atoms with Crippen molar-refractivity contribution in [3.63, 3.8) is 0 Å². The molecule has 0 aliphatic heterocycles. The van der Waals surface area contributed by atoms with Crippen molar-refractivity contribution in [3.8, 4) is 0 Å². The van der Waals surface area contributed by atoms with Crippen LogP contribution in [0.5, 0.6) is 0 Å². The SMILES string of the molecule is C=C/C=C\Cc1ccc(C(=O)C\C=C/C(/C=C/c2ccccc2)=C\C)cc1. The summed E-state index contributed by atoms with van der Waals surface area (Å²) in [5.74, 6) is 0.127. The molecular formula is C26H26O. The summed E-state index contributed by atoms with van der Waals surface area (Å²) in [5.41, 5.74) is 4.17. The van der Waals surface area contributed by atoms with Gasteiger partial charge in [0.05, 0.1) is 0 Å². The molecule has 0 bridgehead atoms. The summed E-state index contributed by atoms with van der Waals surface area (Å²) in [5, 5.41) is 0. The Morgan fingerprint density at radius 2 is 1.70 bits per heavy atom. The van der Waals surface area contributed by atoms with Crippen molar-refractivity contribution in [3.05, 3.63) is 126 Å². The van der Waals surface area contributed by atoms with E-state index in [2.05, 4.69) is 30.9 Å². The molecule has 0 spiro atoms. The second kappa shape index (κ2) is 11.4. The zero-order valence-corrected chi connectivity index (χ0v) is 15.8. The highest BCUT2D eigenvalue weighted by Gasteiger charge is 2.03. The molecule has 0 amide bonds. The fraction of sp³-hybridized carbons (Fsp3) is 0.115. The van der Waals surface area contributed by atoms with Crippen LogP contribution < -0.4 is 0 Å². The Labute approximate surface area is 162 Å². The third-order valence-corrected chi connectivity index (χ3v) is 4.12. The van der Waals surface area contributed by atoms with Gasteiger partial charge in [0, 0.05) is 12.0 Å². The van der Waals surface area contributed by atoms with Gasteiger partial charge in [0.1, 0.15) is 0 Å². The predicted octanol–water partition coefficient (Wildman–Crippen LogP) is 6.76. The molecule has 1 nitrogen and oxygen atoms in total. The fourth-order valence-corrected chi connectivity index (χ4v) is 2.55. The second-order valence-corrected chi connectivity index (χ2v) is 6.13. The van der Waals surface area contributed by atoms with Gasteiger partial charge in [-0.3, -0.25) is 4.79 Å². The molecule has 2 aromatic carbocycles. The van der Waals surface area contributed by atoms with Gasteiger partial charge in [-0.2, -0.15) is 0 Å². The average molecular weight is 354 g/mol. The number of rotatable bonds is 9. The second-order valence-electron chi connectivity index (χ2n) is 6.13. The predicted molar refractivity (Wildman–Crippen MR) is 117 cm³/mol. The number of benzene rings is 2. The average Bonchev–Trinajstić information content (AvgIpc) is 2.72. The zero-order chi connectivity index (χ0) is 19.3. The molecule has 1 heteroatoms. The molecule has 0 radical (unpaired) electrons. The molecule has 0 aliphatic rings. The highest BCUT2D eigenvalue weighted by molar-refractivity contribution is 5.97. The Morgan fingerprint density at radius 1 is 0.963 bits per heavy atom. The summed E-state index contributed by atoms with van der Waals surface area (Å²) >= 11 is 0. The number of Topliss-reactive ketones (excluding diaryl/α,β-unsaturated/α-hetero) is 1. The van der Waals surface area contributed by atoms with Crippen molar-refractivity contribution in [1.29, 1.82) is 0 Å². The first-order chi connectivity index (χ1) is 13.2. The van der Waals surface area contributed by atoms with Gasteiger partial charge in [0.25, 0.3) is 0 Å². The van der Waals surface area contributed by atoms with Crippen molar-refractivity contribution in [2.75, 3.05) is 0 Å². The molecule has 0 atom stereocenters. The highest BCUT2D eigenvalue weighted by atomic mass is 16.1. The third kappa shape index (κ3) is 7.29. The van der Waals surface area contributed by atoms with E-state index in [-0.39, 0.29) is 5.78 Å². The Balaban J connectivity index is 1.90. The van der Waals surface area contributed by atoms with Crippen LogP contribution >= 0.6 is 0 Å². The van der Waals surface area contributed by atoms with Gasteiger partial charge < -0.3 is 0 Å². The van der Waals surface area contributed by atoms with E-state index in [0.717, 1.165) is 23.1 Å². The lowest BCUT2D eigenvalue weighted by atomic mass is 10.0. The van der Waals surface area contributed by atoms with Crippen LogP contribution in [0.15, 0.2) is 109 Å². The monoisotopic (exact) mass is 354 g/mol. The number of ketones is 1. The van der Waals surface area contributed by atoms with Gasteiger partial charge in [0.2, 0.25) is 0 Å². The van der Waals surface area contributed by atoms with Crippen LogP contribution in [0.3, 0.4) is 0 Å².